The summed E-state index contributed by atoms with van der Waals surface area (Å²) in [5.74, 6) is 0.445. The molecule has 0 fully saturated rings. The zero-order valence-electron chi connectivity index (χ0n) is 20.8. The molecule has 0 radical (unpaired) electrons. The predicted octanol–water partition coefficient (Wildman–Crippen LogP) is 7.16. The van der Waals surface area contributed by atoms with E-state index in [4.69, 9.17) is 9.97 Å². The van der Waals surface area contributed by atoms with E-state index in [0.29, 0.717) is 39.7 Å². The Morgan fingerprint density at radius 3 is 2.28 bits per heavy atom. The van der Waals surface area contributed by atoms with Crippen LogP contribution in [-0.4, -0.2) is 20.8 Å². The quantitative estimate of drug-likeness (QED) is 0.175. The number of hydrogen-bond donors (Lipinski definition) is 1. The Bertz CT molecular complexity index is 1410. The second-order valence-electron chi connectivity index (χ2n) is 8.70. The van der Waals surface area contributed by atoms with E-state index in [1.54, 1.807) is 4.57 Å². The number of unbranched alkanes of at least 4 members (excludes halogenated alkanes) is 5. The van der Waals surface area contributed by atoms with Gasteiger partial charge in [-0.05, 0) is 24.8 Å². The first kappa shape index (κ1) is 25.5. The van der Waals surface area contributed by atoms with Crippen LogP contribution in [0.15, 0.2) is 70.5 Å². The van der Waals surface area contributed by atoms with Crippen LogP contribution in [0.2, 0.25) is 0 Å². The molecular formula is C29H31N5OS. The molecule has 2 aromatic carbocycles. The molecule has 2 aromatic heterocycles. The van der Waals surface area contributed by atoms with Crippen molar-refractivity contribution in [2.24, 2.45) is 0 Å². The number of para-hydroxylation sites is 1. The SMILES string of the molecule is CCCCCCCCn1c(Nc2ccccc2)nc2c(C#N)c(SC)nc(-c3ccccc3)c2c1=O. The Hall–Kier alpha value is -3.63. The Labute approximate surface area is 216 Å². The summed E-state index contributed by atoms with van der Waals surface area (Å²) in [6.45, 7) is 2.75. The Morgan fingerprint density at radius 2 is 1.61 bits per heavy atom. The summed E-state index contributed by atoms with van der Waals surface area (Å²) in [6.07, 6.45) is 8.61. The van der Waals surface area contributed by atoms with E-state index in [1.165, 1.54) is 31.0 Å². The molecule has 7 heteroatoms. The normalized spacial score (nSPS) is 10.9. The van der Waals surface area contributed by atoms with E-state index >= 15 is 0 Å². The number of thioether (sulfide) groups is 1. The molecule has 0 atom stereocenters. The van der Waals surface area contributed by atoms with Crippen molar-refractivity contribution in [1.82, 2.24) is 14.5 Å². The van der Waals surface area contributed by atoms with Gasteiger partial charge in [0.25, 0.3) is 5.56 Å². The Balaban J connectivity index is 1.90. The van der Waals surface area contributed by atoms with Crippen molar-refractivity contribution in [1.29, 1.82) is 5.26 Å². The number of aromatic nitrogens is 3. The number of anilines is 2. The van der Waals surface area contributed by atoms with Crippen LogP contribution in [0, 0.1) is 11.3 Å². The fourth-order valence-corrected chi connectivity index (χ4v) is 4.85. The summed E-state index contributed by atoms with van der Waals surface area (Å²) >= 11 is 1.38. The highest BCUT2D eigenvalue weighted by atomic mass is 32.2. The van der Waals surface area contributed by atoms with Gasteiger partial charge in [-0.2, -0.15) is 5.26 Å². The zero-order valence-corrected chi connectivity index (χ0v) is 21.6. The molecule has 1 N–H and O–H groups in total. The minimum absolute atomic E-state index is 0.178. The van der Waals surface area contributed by atoms with Crippen LogP contribution in [0.1, 0.15) is 51.0 Å². The summed E-state index contributed by atoms with van der Waals surface area (Å²) in [5, 5.41) is 14.3. The van der Waals surface area contributed by atoms with Gasteiger partial charge in [-0.3, -0.25) is 9.36 Å². The lowest BCUT2D eigenvalue weighted by Crippen LogP contribution is -2.25. The van der Waals surface area contributed by atoms with Crippen molar-refractivity contribution in [3.63, 3.8) is 0 Å². The fourth-order valence-electron chi connectivity index (χ4n) is 4.32. The van der Waals surface area contributed by atoms with Gasteiger partial charge in [-0.25, -0.2) is 9.97 Å². The van der Waals surface area contributed by atoms with Crippen LogP contribution >= 0.6 is 11.8 Å². The van der Waals surface area contributed by atoms with E-state index in [-0.39, 0.29) is 5.56 Å². The molecule has 0 amide bonds. The number of nitrogens with one attached hydrogen (secondary N) is 1. The average Bonchev–Trinajstić information content (AvgIpc) is 2.92. The van der Waals surface area contributed by atoms with E-state index in [0.717, 1.165) is 30.5 Å². The zero-order chi connectivity index (χ0) is 25.3. The maximum Gasteiger partial charge on any atom is 0.265 e. The van der Waals surface area contributed by atoms with Crippen LogP contribution in [0.25, 0.3) is 22.2 Å². The lowest BCUT2D eigenvalue weighted by atomic mass is 10.1. The van der Waals surface area contributed by atoms with Gasteiger partial charge in [0.15, 0.2) is 0 Å². The molecule has 0 aliphatic carbocycles. The first-order chi connectivity index (χ1) is 17.7. The third kappa shape index (κ3) is 5.60. The van der Waals surface area contributed by atoms with Crippen LogP contribution in [0.4, 0.5) is 11.6 Å². The third-order valence-corrected chi connectivity index (χ3v) is 6.87. The number of nitriles is 1. The fraction of sp³-hybridized carbons (Fsp3) is 0.310. The van der Waals surface area contributed by atoms with Gasteiger partial charge < -0.3 is 5.32 Å². The van der Waals surface area contributed by atoms with Crippen molar-refractivity contribution in [3.8, 4) is 17.3 Å². The van der Waals surface area contributed by atoms with Crippen molar-refractivity contribution in [2.75, 3.05) is 11.6 Å². The first-order valence-corrected chi connectivity index (χ1v) is 13.7. The minimum Gasteiger partial charge on any atom is -0.326 e. The molecule has 6 nitrogen and oxygen atoms in total. The molecule has 4 rings (SSSR count). The third-order valence-electron chi connectivity index (χ3n) is 6.19. The second kappa shape index (κ2) is 12.4. The molecule has 0 saturated carbocycles. The summed E-state index contributed by atoms with van der Waals surface area (Å²) in [5.41, 5.74) is 2.77. The number of nitrogens with zero attached hydrogens (tertiary/aromatic N) is 4. The molecule has 2 heterocycles. The van der Waals surface area contributed by atoms with E-state index in [9.17, 15) is 10.1 Å². The van der Waals surface area contributed by atoms with Gasteiger partial charge in [-0.15, -0.1) is 11.8 Å². The molecule has 0 bridgehead atoms. The number of benzene rings is 2. The topological polar surface area (TPSA) is 83.6 Å². The number of hydrogen-bond acceptors (Lipinski definition) is 6. The van der Waals surface area contributed by atoms with Crippen molar-refractivity contribution < 1.29 is 0 Å². The van der Waals surface area contributed by atoms with Gasteiger partial charge in [0.1, 0.15) is 22.2 Å². The lowest BCUT2D eigenvalue weighted by molar-refractivity contribution is 0.551. The molecular weight excluding hydrogens is 466 g/mol. The largest absolute Gasteiger partial charge is 0.326 e. The molecule has 0 unspecified atom stereocenters. The van der Waals surface area contributed by atoms with Crippen LogP contribution in [-0.2, 0) is 6.54 Å². The van der Waals surface area contributed by atoms with E-state index in [2.05, 4.69) is 18.3 Å². The summed E-state index contributed by atoms with van der Waals surface area (Å²) in [6, 6.07) is 21.6. The van der Waals surface area contributed by atoms with Gasteiger partial charge in [0.2, 0.25) is 5.95 Å². The monoisotopic (exact) mass is 497 g/mol. The number of rotatable bonds is 11. The minimum atomic E-state index is -0.178. The van der Waals surface area contributed by atoms with Crippen molar-refractivity contribution >= 4 is 34.3 Å². The lowest BCUT2D eigenvalue weighted by Gasteiger charge is -2.17. The Morgan fingerprint density at radius 1 is 0.944 bits per heavy atom. The maximum absolute atomic E-state index is 14.1. The van der Waals surface area contributed by atoms with Crippen molar-refractivity contribution in [2.45, 2.75) is 57.0 Å². The second-order valence-corrected chi connectivity index (χ2v) is 9.49. The van der Waals surface area contributed by atoms with Gasteiger partial charge in [0, 0.05) is 17.8 Å². The molecule has 4 aromatic rings. The molecule has 0 aliphatic heterocycles. The highest BCUT2D eigenvalue weighted by molar-refractivity contribution is 7.98. The van der Waals surface area contributed by atoms with E-state index < -0.39 is 0 Å². The van der Waals surface area contributed by atoms with Gasteiger partial charge in [0.05, 0.1) is 11.1 Å². The van der Waals surface area contributed by atoms with E-state index in [1.807, 2.05) is 66.9 Å². The summed E-state index contributed by atoms with van der Waals surface area (Å²) in [7, 11) is 0. The molecule has 0 saturated heterocycles. The van der Waals surface area contributed by atoms with Crippen LogP contribution in [0.5, 0.6) is 0 Å². The number of fused-ring (bicyclic) bond motifs is 1. The first-order valence-electron chi connectivity index (χ1n) is 12.5. The highest BCUT2D eigenvalue weighted by Gasteiger charge is 2.22. The maximum atomic E-state index is 14.1. The van der Waals surface area contributed by atoms with Crippen LogP contribution < -0.4 is 10.9 Å². The smallest absolute Gasteiger partial charge is 0.265 e. The number of pyridine rings is 1. The Kier molecular flexibility index (Phi) is 8.75. The summed E-state index contributed by atoms with van der Waals surface area (Å²) in [4.78, 5) is 23.8. The van der Waals surface area contributed by atoms with Crippen molar-refractivity contribution in [3.05, 3.63) is 76.6 Å². The summed E-state index contributed by atoms with van der Waals surface area (Å²) < 4.78 is 1.71. The standard InChI is InChI=1S/C29H31N5OS/c1-3-4-5-6-7-14-19-34-28(35)24-25(21-15-10-8-11-16-21)32-27(36-2)23(20-30)26(24)33-29(34)31-22-17-12-9-13-18-22/h8-13,15-18H,3-7,14,19H2,1-2H3,(H,31,33). The average molecular weight is 498 g/mol. The molecule has 184 valence electrons. The van der Waals surface area contributed by atoms with Gasteiger partial charge >= 0.3 is 0 Å². The highest BCUT2D eigenvalue weighted by Crippen LogP contribution is 2.32. The van der Waals surface area contributed by atoms with Gasteiger partial charge in [-0.1, -0.05) is 87.6 Å². The molecule has 36 heavy (non-hydrogen) atoms. The predicted molar refractivity (Wildman–Crippen MR) is 149 cm³/mol. The molecule has 0 aliphatic rings. The van der Waals surface area contributed by atoms with Crippen LogP contribution in [0.3, 0.4) is 0 Å². The molecule has 0 spiro atoms.